The zero-order chi connectivity index (χ0) is 33.5. The topological polar surface area (TPSA) is 0 Å². The van der Waals surface area contributed by atoms with E-state index in [1.165, 1.54) is 89.1 Å². The Morgan fingerprint density at radius 1 is 0.600 bits per heavy atom. The fourth-order valence-corrected chi connectivity index (χ4v) is 7.04. The minimum absolute atomic E-state index is 0. The summed E-state index contributed by atoms with van der Waals surface area (Å²) in [6.45, 7) is 9.07. The van der Waals surface area contributed by atoms with Crippen LogP contribution in [0.15, 0.2) is 167 Å². The van der Waals surface area contributed by atoms with Gasteiger partial charge in [0.25, 0.3) is 0 Å². The molecule has 0 nitrogen and oxygen atoms in total. The van der Waals surface area contributed by atoms with Gasteiger partial charge in [0.2, 0.25) is 0 Å². The van der Waals surface area contributed by atoms with Gasteiger partial charge in [-0.1, -0.05) is 111 Å². The molecule has 4 aromatic carbocycles. The summed E-state index contributed by atoms with van der Waals surface area (Å²) in [4.78, 5) is 0. The maximum atomic E-state index is 3.56. The van der Waals surface area contributed by atoms with Crippen molar-refractivity contribution in [2.75, 3.05) is 0 Å². The van der Waals surface area contributed by atoms with Gasteiger partial charge in [-0.15, -0.1) is 47.6 Å². The van der Waals surface area contributed by atoms with Crippen LogP contribution in [-0.4, -0.2) is 5.49 Å². The van der Waals surface area contributed by atoms with Crippen molar-refractivity contribution in [2.24, 2.45) is 0 Å². The predicted molar refractivity (Wildman–Crippen MR) is 205 cm³/mol. The molecule has 0 aliphatic heterocycles. The molecule has 0 bridgehead atoms. The largest absolute Gasteiger partial charge is 1.00 e. The van der Waals surface area contributed by atoms with Crippen molar-refractivity contribution < 1.29 is 47.8 Å². The van der Waals surface area contributed by atoms with Gasteiger partial charge in [0.15, 0.2) is 0 Å². The van der Waals surface area contributed by atoms with Crippen LogP contribution in [0.4, 0.5) is 0 Å². The van der Waals surface area contributed by atoms with Crippen molar-refractivity contribution in [2.45, 2.75) is 64.5 Å². The fourth-order valence-electron chi connectivity index (χ4n) is 7.04. The molecule has 0 fully saturated rings. The van der Waals surface area contributed by atoms with E-state index in [1.807, 2.05) is 0 Å². The maximum Gasteiger partial charge on any atom is -1.00 e. The summed E-state index contributed by atoms with van der Waals surface area (Å²) in [5.74, 6) is 0.847. The van der Waals surface area contributed by atoms with E-state index in [-0.39, 0.29) is 30.3 Å². The molecule has 0 spiro atoms. The van der Waals surface area contributed by atoms with E-state index in [0.717, 1.165) is 25.7 Å². The molecule has 4 aliphatic rings. The van der Waals surface area contributed by atoms with Crippen LogP contribution in [0.25, 0.3) is 21.5 Å². The Morgan fingerprint density at radius 3 is 1.38 bits per heavy atom. The third kappa shape index (κ3) is 9.25. The van der Waals surface area contributed by atoms with Crippen molar-refractivity contribution in [3.05, 3.63) is 190 Å². The zero-order valence-corrected chi connectivity index (χ0v) is 35.5. The molecule has 8 rings (SSSR count). The monoisotopic (exact) mass is 874 g/mol. The fraction of sp³-hybridized carbons (Fsp3) is 0.217. The molecule has 0 aromatic heterocycles. The Hall–Kier alpha value is -3.01. The van der Waals surface area contributed by atoms with Gasteiger partial charge in [-0.3, -0.25) is 0 Å². The van der Waals surface area contributed by atoms with Crippen molar-refractivity contribution in [3.8, 4) is 0 Å². The third-order valence-corrected chi connectivity index (χ3v) is 9.32. The predicted octanol–water partition coefficient (Wildman–Crippen LogP) is 6.57. The van der Waals surface area contributed by atoms with Crippen LogP contribution >= 0.6 is 0 Å². The summed E-state index contributed by atoms with van der Waals surface area (Å²) in [7, 11) is 0. The number of benzene rings is 4. The molecule has 2 unspecified atom stereocenters. The van der Waals surface area contributed by atoms with Crippen molar-refractivity contribution in [3.63, 3.8) is 0 Å². The number of hydrogen-bond acceptors (Lipinski definition) is 0. The van der Waals surface area contributed by atoms with Crippen LogP contribution in [0.3, 0.4) is 0 Å². The molecule has 0 saturated carbocycles. The Kier molecular flexibility index (Phi) is 15.1. The molecule has 2 atom stereocenters. The Balaban J connectivity index is 0.000000196. The van der Waals surface area contributed by atoms with Gasteiger partial charge in [-0.2, -0.15) is 34.4 Å². The number of hydrogen-bond donors (Lipinski definition) is 0. The van der Waals surface area contributed by atoms with Crippen molar-refractivity contribution >= 4 is 27.0 Å². The first-order chi connectivity index (χ1) is 23.5. The smallest absolute Gasteiger partial charge is 1.00 e. The van der Waals surface area contributed by atoms with E-state index >= 15 is 0 Å². The first-order valence-electron chi connectivity index (χ1n) is 17.4. The van der Waals surface area contributed by atoms with Crippen LogP contribution in [0, 0.1) is 12.2 Å². The summed E-state index contributed by atoms with van der Waals surface area (Å²) in [6, 6.07) is 30.7. The maximum absolute atomic E-state index is 3.56. The average Bonchev–Trinajstić information content (AvgIpc) is 3.59. The van der Waals surface area contributed by atoms with Gasteiger partial charge in [0.1, 0.15) is 0 Å². The van der Waals surface area contributed by atoms with Crippen molar-refractivity contribution in [1.82, 2.24) is 0 Å². The Morgan fingerprint density at radius 2 is 0.980 bits per heavy atom. The second-order valence-electron chi connectivity index (χ2n) is 12.9. The standard InChI is InChI=1S/2C22H19.C2H6Si.2ClH.Hf/c2*1-2-16-14-18-9-4-6-12-21(22(18)15-16)20-13-7-10-17-8-3-5-11-19(17)20;1-3-2;;;/h2*3-11,13,15,21H,2,12H2,1H3;1-2H3;2*1H;/q2*-1;;;;+2/p-2. The zero-order valence-electron chi connectivity index (χ0n) is 29.4. The molecule has 4 heteroatoms. The SMILES string of the molecule is CCC1=[C-]C2=CC=CCC(c3cccc4ccccc34)C2=C1.CCC1=[C-]C2=CC=CCC(c3cccc4ccccc34)C2=C1.C[Si](C)=[Hf+2].[Cl-].[Cl-]. The van der Waals surface area contributed by atoms with Gasteiger partial charge in [0.05, 0.1) is 0 Å². The van der Waals surface area contributed by atoms with Gasteiger partial charge in [-0.25, -0.2) is 0 Å². The summed E-state index contributed by atoms with van der Waals surface area (Å²) >= 11 is 1.45. The molecular formula is C46H44Cl2HfSi-2. The Bertz CT molecular complexity index is 1940. The van der Waals surface area contributed by atoms with Crippen LogP contribution in [0.1, 0.15) is 62.5 Å². The molecule has 0 heterocycles. The summed E-state index contributed by atoms with van der Waals surface area (Å²) < 4.78 is 0. The second-order valence-corrected chi connectivity index (χ2v) is 25.7. The molecule has 50 heavy (non-hydrogen) atoms. The molecule has 0 N–H and O–H groups in total. The van der Waals surface area contributed by atoms with Gasteiger partial charge in [0, 0.05) is 0 Å². The van der Waals surface area contributed by atoms with Gasteiger partial charge >= 0.3 is 41.6 Å². The molecular weight excluding hydrogens is 830 g/mol. The number of fused-ring (bicyclic) bond motifs is 4. The van der Waals surface area contributed by atoms with Gasteiger partial charge < -0.3 is 24.8 Å². The van der Waals surface area contributed by atoms with E-state index < -0.39 is 0 Å². The minimum Gasteiger partial charge on any atom is -1.00 e. The average molecular weight is 874 g/mol. The first kappa shape index (κ1) is 39.8. The van der Waals surface area contributed by atoms with Crippen LogP contribution in [-0.2, 0) is 23.0 Å². The summed E-state index contributed by atoms with van der Waals surface area (Å²) in [5.41, 5.74) is 11.2. The number of rotatable bonds is 4. The second kappa shape index (κ2) is 19.0. The van der Waals surface area contributed by atoms with E-state index in [2.05, 4.69) is 173 Å². The minimum atomic E-state index is 0. The van der Waals surface area contributed by atoms with E-state index in [0.29, 0.717) is 11.8 Å². The molecule has 0 amide bonds. The number of halogens is 2. The van der Waals surface area contributed by atoms with E-state index in [9.17, 15) is 0 Å². The number of allylic oxidation sites excluding steroid dienone is 16. The molecule has 252 valence electrons. The molecule has 0 radical (unpaired) electrons. The Labute approximate surface area is 327 Å². The summed E-state index contributed by atoms with van der Waals surface area (Å²) in [6.07, 6.45) is 29.4. The van der Waals surface area contributed by atoms with Gasteiger partial charge in [-0.05, 0) is 70.2 Å². The third-order valence-electron chi connectivity index (χ3n) is 9.32. The summed E-state index contributed by atoms with van der Waals surface area (Å²) in [5, 5.41) is 5.39. The van der Waals surface area contributed by atoms with E-state index in [1.54, 1.807) is 0 Å². The van der Waals surface area contributed by atoms with Crippen LogP contribution in [0.2, 0.25) is 13.1 Å². The molecule has 0 saturated heterocycles. The van der Waals surface area contributed by atoms with Crippen LogP contribution in [0.5, 0.6) is 0 Å². The molecule has 4 aliphatic carbocycles. The van der Waals surface area contributed by atoms with Crippen LogP contribution < -0.4 is 24.8 Å². The molecule has 4 aromatic rings. The quantitative estimate of drug-likeness (QED) is 0.161. The normalized spacial score (nSPS) is 18.4. The first-order valence-corrected chi connectivity index (χ1v) is 25.3. The van der Waals surface area contributed by atoms with E-state index in [4.69, 9.17) is 0 Å². The van der Waals surface area contributed by atoms with Crippen molar-refractivity contribution in [1.29, 1.82) is 0 Å².